The fourth-order valence-electron chi connectivity index (χ4n) is 2.30. The zero-order chi connectivity index (χ0) is 8.10. The van der Waals surface area contributed by atoms with Gasteiger partial charge in [-0.2, -0.15) is 0 Å². The van der Waals surface area contributed by atoms with Gasteiger partial charge in [-0.15, -0.1) is 0 Å². The molecule has 1 fully saturated rings. The molecule has 1 heteroatoms. The lowest BCUT2D eigenvalue weighted by molar-refractivity contribution is 0.510. The summed E-state index contributed by atoms with van der Waals surface area (Å²) in [7, 11) is 0. The zero-order valence-electron chi connectivity index (χ0n) is 8.10. The second kappa shape index (κ2) is 5.23. The lowest BCUT2D eigenvalue weighted by atomic mass is 10.0. The molecule has 0 aromatic heterocycles. The maximum absolute atomic E-state index is 2.40. The van der Waals surface area contributed by atoms with Crippen molar-refractivity contribution in [2.75, 3.05) is 0 Å². The first-order valence-corrected chi connectivity index (χ1v) is 7.81. The first-order valence-electron chi connectivity index (χ1n) is 5.36. The van der Waals surface area contributed by atoms with Gasteiger partial charge in [-0.3, -0.25) is 0 Å². The van der Waals surface area contributed by atoms with E-state index in [1.165, 1.54) is 12.8 Å². The van der Waals surface area contributed by atoms with Crippen LogP contribution in [0.2, 0.25) is 15.8 Å². The molecule has 1 aliphatic rings. The molecule has 64 valence electrons. The molecule has 1 rings (SSSR count). The summed E-state index contributed by atoms with van der Waals surface area (Å²) in [4.78, 5) is 0. The van der Waals surface area contributed by atoms with E-state index in [2.05, 4.69) is 13.8 Å². The molecule has 0 bridgehead atoms. The standard InChI is InChI=1S/C8H16.C2H5.Al/c1-4-6-7-8(3)5-2;1-2;/h8H,2-7H2,1H3;1H2,2H3;. The predicted octanol–water partition coefficient (Wildman–Crippen LogP) is 3.71. The Bertz CT molecular complexity index is 101. The van der Waals surface area contributed by atoms with Crippen molar-refractivity contribution in [2.45, 2.75) is 55.4 Å². The van der Waals surface area contributed by atoms with Crippen molar-refractivity contribution in [3.63, 3.8) is 0 Å². The minimum Gasteiger partial charge on any atom is -0.0967 e. The molecule has 0 N–H and O–H groups in total. The van der Waals surface area contributed by atoms with Crippen LogP contribution in [-0.2, 0) is 0 Å². The van der Waals surface area contributed by atoms with Crippen molar-refractivity contribution < 1.29 is 0 Å². The molecule has 0 aromatic rings. The van der Waals surface area contributed by atoms with Crippen LogP contribution in [0, 0.1) is 5.92 Å². The quantitative estimate of drug-likeness (QED) is 0.561. The number of hydrogen-bond acceptors (Lipinski definition) is 0. The number of hydrogen-bond donors (Lipinski definition) is 0. The van der Waals surface area contributed by atoms with Crippen LogP contribution in [-0.4, -0.2) is 14.1 Å². The minimum absolute atomic E-state index is 0.161. The zero-order valence-corrected chi connectivity index (χ0v) is 9.26. The Morgan fingerprint density at radius 1 is 1.36 bits per heavy atom. The van der Waals surface area contributed by atoms with E-state index >= 15 is 0 Å². The topological polar surface area (TPSA) is 0 Å². The third-order valence-electron chi connectivity index (χ3n) is 3.19. The van der Waals surface area contributed by atoms with Crippen LogP contribution in [0.3, 0.4) is 0 Å². The molecule has 0 aliphatic carbocycles. The summed E-state index contributed by atoms with van der Waals surface area (Å²) in [6.07, 6.45) is 6.01. The normalized spacial score (nSPS) is 24.5. The molecule has 0 spiro atoms. The molecule has 11 heavy (non-hydrogen) atoms. The highest BCUT2D eigenvalue weighted by atomic mass is 27.2. The third kappa shape index (κ3) is 3.18. The molecule has 0 saturated carbocycles. The first kappa shape index (κ1) is 9.62. The molecule has 1 heterocycles. The van der Waals surface area contributed by atoms with Crippen LogP contribution in [0.4, 0.5) is 0 Å². The van der Waals surface area contributed by atoms with E-state index < -0.39 is 0 Å². The molecule has 0 amide bonds. The van der Waals surface area contributed by atoms with Crippen LogP contribution in [0.15, 0.2) is 0 Å². The second-order valence-corrected chi connectivity index (χ2v) is 7.69. The molecule has 1 atom stereocenters. The van der Waals surface area contributed by atoms with Crippen LogP contribution in [0.25, 0.3) is 0 Å². The van der Waals surface area contributed by atoms with Gasteiger partial charge in [0.25, 0.3) is 14.1 Å². The van der Waals surface area contributed by atoms with E-state index in [4.69, 9.17) is 0 Å². The maximum atomic E-state index is 2.40. The Labute approximate surface area is 75.8 Å². The van der Waals surface area contributed by atoms with Crippen LogP contribution >= 0.6 is 0 Å². The van der Waals surface area contributed by atoms with Gasteiger partial charge in [-0.05, 0) is 0 Å². The highest BCUT2D eigenvalue weighted by Gasteiger charge is 2.26. The molecule has 1 aliphatic heterocycles. The molecule has 1 saturated heterocycles. The smallest absolute Gasteiger partial charge is 0.0967 e. The van der Waals surface area contributed by atoms with E-state index in [9.17, 15) is 0 Å². The third-order valence-corrected chi connectivity index (χ3v) is 6.83. The van der Waals surface area contributed by atoms with E-state index in [0.29, 0.717) is 0 Å². The highest BCUT2D eigenvalue weighted by Crippen LogP contribution is 2.31. The van der Waals surface area contributed by atoms with Crippen molar-refractivity contribution in [3.8, 4) is 0 Å². The average molecular weight is 168 g/mol. The predicted molar refractivity (Wildman–Crippen MR) is 53.5 cm³/mol. The van der Waals surface area contributed by atoms with Crippen molar-refractivity contribution in [3.05, 3.63) is 0 Å². The Morgan fingerprint density at radius 3 is 2.73 bits per heavy atom. The molecular formula is C10H21Al. The fourth-order valence-corrected chi connectivity index (χ4v) is 5.64. The summed E-state index contributed by atoms with van der Waals surface area (Å²) in [5, 5.41) is 4.89. The van der Waals surface area contributed by atoms with E-state index in [1.54, 1.807) is 28.7 Å². The molecule has 0 radical (unpaired) electrons. The van der Waals surface area contributed by atoms with Gasteiger partial charge < -0.3 is 0 Å². The highest BCUT2D eigenvalue weighted by molar-refractivity contribution is 6.59. The Morgan fingerprint density at radius 2 is 2.18 bits per heavy atom. The number of unbranched alkanes of at least 4 members (excludes halogenated alkanes) is 1. The Kier molecular flexibility index (Phi) is 4.57. The van der Waals surface area contributed by atoms with Crippen molar-refractivity contribution in [1.29, 1.82) is 0 Å². The second-order valence-electron chi connectivity index (χ2n) is 4.10. The summed E-state index contributed by atoms with van der Waals surface area (Å²) in [5.41, 5.74) is 0. The van der Waals surface area contributed by atoms with Gasteiger partial charge in [-0.1, -0.05) is 61.3 Å². The van der Waals surface area contributed by atoms with Gasteiger partial charge in [0.05, 0.1) is 0 Å². The summed E-state index contributed by atoms with van der Waals surface area (Å²) in [6, 6.07) is 0. The molecule has 0 aromatic carbocycles. The van der Waals surface area contributed by atoms with Crippen molar-refractivity contribution in [2.24, 2.45) is 5.92 Å². The lowest BCUT2D eigenvalue weighted by Crippen LogP contribution is -2.04. The van der Waals surface area contributed by atoms with E-state index in [0.717, 1.165) is 5.92 Å². The fraction of sp³-hybridized carbons (Fsp3) is 1.00. The number of rotatable bonds is 4. The maximum Gasteiger partial charge on any atom is 0.261 e. The van der Waals surface area contributed by atoms with E-state index in [-0.39, 0.29) is 14.1 Å². The summed E-state index contributed by atoms with van der Waals surface area (Å²) in [5.74, 6) is 1.16. The summed E-state index contributed by atoms with van der Waals surface area (Å²) >= 11 is -0.161. The largest absolute Gasteiger partial charge is 0.261 e. The molecule has 1 unspecified atom stereocenters. The van der Waals surface area contributed by atoms with Gasteiger partial charge in [0.2, 0.25) is 0 Å². The van der Waals surface area contributed by atoms with Crippen LogP contribution in [0.1, 0.15) is 39.5 Å². The summed E-state index contributed by atoms with van der Waals surface area (Å²) in [6.45, 7) is 4.71. The Hall–Kier alpha value is 0.532. The van der Waals surface area contributed by atoms with Crippen LogP contribution < -0.4 is 0 Å². The van der Waals surface area contributed by atoms with Gasteiger partial charge in [0.15, 0.2) is 0 Å². The molecular weight excluding hydrogens is 147 g/mol. The van der Waals surface area contributed by atoms with Gasteiger partial charge in [0.1, 0.15) is 0 Å². The minimum atomic E-state index is -0.161. The average Bonchev–Trinajstić information content (AvgIpc) is 2.48. The monoisotopic (exact) mass is 168 g/mol. The van der Waals surface area contributed by atoms with Crippen LogP contribution in [0.5, 0.6) is 0 Å². The lowest BCUT2D eigenvalue weighted by Gasteiger charge is -2.07. The SMILES string of the molecule is CCCCC1C[CH2][Al]([CH2]C)[CH2]1. The van der Waals surface area contributed by atoms with Gasteiger partial charge >= 0.3 is 0 Å². The van der Waals surface area contributed by atoms with Crippen molar-refractivity contribution >= 4 is 14.1 Å². The molecule has 0 nitrogen and oxygen atoms in total. The van der Waals surface area contributed by atoms with E-state index in [1.807, 2.05) is 0 Å². The Balaban J connectivity index is 2.09. The van der Waals surface area contributed by atoms with Crippen molar-refractivity contribution in [1.82, 2.24) is 0 Å². The summed E-state index contributed by atoms with van der Waals surface area (Å²) < 4.78 is 0. The first-order chi connectivity index (χ1) is 5.36. The van der Waals surface area contributed by atoms with Gasteiger partial charge in [-0.25, -0.2) is 0 Å². The van der Waals surface area contributed by atoms with Gasteiger partial charge in [0, 0.05) is 0 Å².